The molecule has 2 aromatic rings. The highest BCUT2D eigenvalue weighted by atomic mass is 16.5. The molecule has 0 saturated carbocycles. The first kappa shape index (κ1) is 20.2. The van der Waals surface area contributed by atoms with Crippen LogP contribution < -0.4 is 4.74 Å². The van der Waals surface area contributed by atoms with E-state index in [1.807, 2.05) is 6.92 Å². The Kier molecular flexibility index (Phi) is 5.39. The molecule has 3 heterocycles. The number of rotatable bonds is 5. The normalized spacial score (nSPS) is 23.4. The summed E-state index contributed by atoms with van der Waals surface area (Å²) < 4.78 is 16.7. The molecule has 1 N–H and O–H groups in total. The fourth-order valence-electron chi connectivity index (χ4n) is 4.15. The Hall–Kier alpha value is -3.06. The third kappa shape index (κ3) is 3.50. The van der Waals surface area contributed by atoms with E-state index in [0.717, 1.165) is 18.4 Å². The molecule has 30 heavy (non-hydrogen) atoms. The van der Waals surface area contributed by atoms with Crippen molar-refractivity contribution < 1.29 is 28.6 Å². The summed E-state index contributed by atoms with van der Waals surface area (Å²) in [5, 5.41) is 11.1. The number of furan rings is 1. The first-order valence-electron chi connectivity index (χ1n) is 10.0. The first-order chi connectivity index (χ1) is 14.4. The van der Waals surface area contributed by atoms with Crippen LogP contribution in [-0.2, 0) is 14.3 Å². The number of amides is 1. The number of hydrogen-bond donors (Lipinski definition) is 1. The maximum atomic E-state index is 13.0. The summed E-state index contributed by atoms with van der Waals surface area (Å²) in [5.74, 6) is 0.162. The molecule has 2 aliphatic rings. The topological polar surface area (TPSA) is 89.2 Å². The van der Waals surface area contributed by atoms with Crippen LogP contribution in [0.4, 0.5) is 0 Å². The Labute approximate surface area is 174 Å². The Morgan fingerprint density at radius 2 is 2.03 bits per heavy atom. The molecule has 0 radical (unpaired) electrons. The molecule has 0 spiro atoms. The number of carbonyl (C=O) groups is 2. The molecule has 0 aliphatic carbocycles. The van der Waals surface area contributed by atoms with E-state index in [4.69, 9.17) is 13.9 Å². The van der Waals surface area contributed by atoms with Crippen LogP contribution in [0.1, 0.15) is 41.5 Å². The smallest absolute Gasteiger partial charge is 0.295 e. The van der Waals surface area contributed by atoms with Crippen LogP contribution in [0.15, 0.2) is 40.3 Å². The Morgan fingerprint density at radius 1 is 1.23 bits per heavy atom. The summed E-state index contributed by atoms with van der Waals surface area (Å²) in [6.45, 7) is 4.55. The van der Waals surface area contributed by atoms with E-state index >= 15 is 0 Å². The van der Waals surface area contributed by atoms with Crippen molar-refractivity contribution >= 4 is 17.4 Å². The van der Waals surface area contributed by atoms with Gasteiger partial charge in [-0.15, -0.1) is 0 Å². The van der Waals surface area contributed by atoms with Gasteiger partial charge < -0.3 is 23.9 Å². The molecular formula is C23H25NO6. The van der Waals surface area contributed by atoms with Crippen molar-refractivity contribution in [3.8, 4) is 5.75 Å². The van der Waals surface area contributed by atoms with E-state index in [2.05, 4.69) is 0 Å². The van der Waals surface area contributed by atoms with Gasteiger partial charge in [0.1, 0.15) is 29.1 Å². The average molecular weight is 411 g/mol. The van der Waals surface area contributed by atoms with Crippen molar-refractivity contribution in [2.75, 3.05) is 20.3 Å². The maximum absolute atomic E-state index is 13.0. The molecule has 1 amide bonds. The van der Waals surface area contributed by atoms with Gasteiger partial charge in [0, 0.05) is 18.7 Å². The number of aliphatic hydroxyl groups is 1. The summed E-state index contributed by atoms with van der Waals surface area (Å²) in [6, 6.07) is 7.83. The van der Waals surface area contributed by atoms with Crippen molar-refractivity contribution in [1.82, 2.24) is 4.90 Å². The molecule has 7 nitrogen and oxygen atoms in total. The molecule has 7 heteroatoms. The molecule has 2 unspecified atom stereocenters. The summed E-state index contributed by atoms with van der Waals surface area (Å²) in [4.78, 5) is 27.4. The Balaban J connectivity index is 1.81. The zero-order chi connectivity index (χ0) is 21.4. The van der Waals surface area contributed by atoms with Crippen molar-refractivity contribution in [2.45, 2.75) is 38.8 Å². The van der Waals surface area contributed by atoms with Crippen LogP contribution in [0.3, 0.4) is 0 Å². The number of carbonyl (C=O) groups excluding carboxylic acids is 2. The van der Waals surface area contributed by atoms with E-state index in [-0.39, 0.29) is 24.0 Å². The third-order valence-corrected chi connectivity index (χ3v) is 5.66. The predicted octanol–water partition coefficient (Wildman–Crippen LogP) is 3.51. The van der Waals surface area contributed by atoms with Gasteiger partial charge in [0.05, 0.1) is 18.8 Å². The minimum Gasteiger partial charge on any atom is -0.507 e. The lowest BCUT2D eigenvalue weighted by atomic mass is 9.98. The number of hydrogen-bond acceptors (Lipinski definition) is 6. The second-order valence-corrected chi connectivity index (χ2v) is 7.72. The number of ether oxygens (including phenoxy) is 2. The third-order valence-electron chi connectivity index (χ3n) is 5.66. The van der Waals surface area contributed by atoms with Crippen molar-refractivity contribution in [3.05, 3.63) is 58.6 Å². The van der Waals surface area contributed by atoms with Gasteiger partial charge in [-0.3, -0.25) is 9.59 Å². The second kappa shape index (κ2) is 7.99. The fourth-order valence-corrected chi connectivity index (χ4v) is 4.15. The summed E-state index contributed by atoms with van der Waals surface area (Å²) in [5.41, 5.74) is 1.27. The number of benzene rings is 1. The largest absolute Gasteiger partial charge is 0.507 e. The van der Waals surface area contributed by atoms with E-state index in [0.29, 0.717) is 29.4 Å². The highest BCUT2D eigenvalue weighted by Crippen LogP contribution is 2.41. The minimum atomic E-state index is -0.801. The van der Waals surface area contributed by atoms with Crippen molar-refractivity contribution in [3.63, 3.8) is 0 Å². The van der Waals surface area contributed by atoms with Gasteiger partial charge in [-0.25, -0.2) is 0 Å². The van der Waals surface area contributed by atoms with Crippen LogP contribution in [-0.4, -0.2) is 48.1 Å². The van der Waals surface area contributed by atoms with Gasteiger partial charge in [0.2, 0.25) is 0 Å². The lowest BCUT2D eigenvalue weighted by molar-refractivity contribution is -0.141. The SMILES string of the molecule is COc1ccc(/C(O)=C2/C(=O)C(=O)N(CC3CCCO3)C2c2ccc(C)o2)cc1C. The fraction of sp³-hybridized carbons (Fsp3) is 0.391. The van der Waals surface area contributed by atoms with Crippen LogP contribution in [0.5, 0.6) is 5.75 Å². The maximum Gasteiger partial charge on any atom is 0.295 e. The van der Waals surface area contributed by atoms with Crippen LogP contribution in [0.2, 0.25) is 0 Å². The molecule has 158 valence electrons. The number of nitrogens with zero attached hydrogens (tertiary/aromatic N) is 1. The molecule has 2 aliphatic heterocycles. The summed E-state index contributed by atoms with van der Waals surface area (Å²) in [6.07, 6.45) is 1.61. The molecule has 1 aromatic carbocycles. The number of aliphatic hydroxyl groups excluding tert-OH is 1. The van der Waals surface area contributed by atoms with E-state index < -0.39 is 17.7 Å². The number of methoxy groups -OCH3 is 1. The van der Waals surface area contributed by atoms with E-state index in [9.17, 15) is 14.7 Å². The van der Waals surface area contributed by atoms with Gasteiger partial charge in [0.25, 0.3) is 11.7 Å². The number of ketones is 1. The first-order valence-corrected chi connectivity index (χ1v) is 10.0. The van der Waals surface area contributed by atoms with Gasteiger partial charge in [-0.2, -0.15) is 0 Å². The molecule has 4 rings (SSSR count). The molecule has 2 saturated heterocycles. The zero-order valence-electron chi connectivity index (χ0n) is 17.3. The monoisotopic (exact) mass is 411 g/mol. The predicted molar refractivity (Wildman–Crippen MR) is 109 cm³/mol. The average Bonchev–Trinajstić information content (AvgIpc) is 3.45. The van der Waals surface area contributed by atoms with Crippen molar-refractivity contribution in [2.24, 2.45) is 0 Å². The highest BCUT2D eigenvalue weighted by molar-refractivity contribution is 6.46. The quantitative estimate of drug-likeness (QED) is 0.460. The van der Waals surface area contributed by atoms with Crippen LogP contribution >= 0.6 is 0 Å². The van der Waals surface area contributed by atoms with Crippen LogP contribution in [0, 0.1) is 13.8 Å². The van der Waals surface area contributed by atoms with Gasteiger partial charge in [0.15, 0.2) is 0 Å². The minimum absolute atomic E-state index is 0.0249. The van der Waals surface area contributed by atoms with E-state index in [1.165, 1.54) is 4.90 Å². The Morgan fingerprint density at radius 3 is 2.63 bits per heavy atom. The second-order valence-electron chi connectivity index (χ2n) is 7.72. The van der Waals surface area contributed by atoms with Gasteiger partial charge in [-0.05, 0) is 62.6 Å². The lowest BCUT2D eigenvalue weighted by Gasteiger charge is -2.25. The molecule has 1 aromatic heterocycles. The summed E-state index contributed by atoms with van der Waals surface area (Å²) >= 11 is 0. The number of Topliss-reactive ketones (excluding diaryl/α,β-unsaturated/α-hetero) is 1. The molecule has 0 bridgehead atoms. The molecular weight excluding hydrogens is 386 g/mol. The molecule has 2 atom stereocenters. The summed E-state index contributed by atoms with van der Waals surface area (Å²) in [7, 11) is 1.57. The van der Waals surface area contributed by atoms with Crippen LogP contribution in [0.25, 0.3) is 5.76 Å². The molecule has 2 fully saturated rings. The standard InChI is InChI=1S/C23H25NO6/c1-13-11-15(7-9-17(13)28-3)21(25)19-20(18-8-6-14(2)30-18)24(23(27)22(19)26)12-16-5-4-10-29-16/h6-9,11,16,20,25H,4-5,10,12H2,1-3H3/b21-19-. The van der Waals surface area contributed by atoms with Gasteiger partial charge >= 0.3 is 0 Å². The lowest BCUT2D eigenvalue weighted by Crippen LogP contribution is -2.36. The van der Waals surface area contributed by atoms with Crippen molar-refractivity contribution in [1.29, 1.82) is 0 Å². The Bertz CT molecular complexity index is 1010. The number of likely N-dealkylation sites (tertiary alicyclic amines) is 1. The highest BCUT2D eigenvalue weighted by Gasteiger charge is 2.48. The van der Waals surface area contributed by atoms with E-state index in [1.54, 1.807) is 44.4 Å². The van der Waals surface area contributed by atoms with Gasteiger partial charge in [-0.1, -0.05) is 0 Å². The zero-order valence-corrected chi connectivity index (χ0v) is 17.3. The number of aryl methyl sites for hydroxylation is 2.